The number of primary amides is 1. The Morgan fingerprint density at radius 3 is 2.93 bits per heavy atom. The molecule has 1 rings (SSSR count). The Kier molecular flexibility index (Phi) is 4.42. The third kappa shape index (κ3) is 3.79. The van der Waals surface area contributed by atoms with Crippen molar-refractivity contribution in [1.29, 1.82) is 0 Å². The van der Waals surface area contributed by atoms with Crippen molar-refractivity contribution in [3.8, 4) is 5.75 Å². The quantitative estimate of drug-likeness (QED) is 0.859. The van der Waals surface area contributed by atoms with E-state index in [0.717, 1.165) is 15.9 Å². The molecule has 0 spiro atoms. The van der Waals surface area contributed by atoms with Crippen molar-refractivity contribution in [2.45, 2.75) is 6.42 Å². The molecule has 0 saturated heterocycles. The molecule has 5 heteroatoms. The smallest absolute Gasteiger partial charge is 0.219 e. The number of ether oxygens (including phenoxy) is 1. The molecule has 1 aromatic carbocycles. The first-order valence-corrected chi connectivity index (χ1v) is 5.28. The van der Waals surface area contributed by atoms with Crippen LogP contribution < -0.4 is 15.8 Å². The Balaban J connectivity index is 2.58. The maximum absolute atomic E-state index is 10.5. The molecule has 1 amide bonds. The van der Waals surface area contributed by atoms with E-state index in [1.807, 2.05) is 18.2 Å². The molecule has 4 nitrogen and oxygen atoms in total. The topological polar surface area (TPSA) is 64.3 Å². The van der Waals surface area contributed by atoms with E-state index >= 15 is 0 Å². The summed E-state index contributed by atoms with van der Waals surface area (Å²) in [6.07, 6.45) is 0.318. The molecule has 0 bridgehead atoms. The number of halogens is 1. The SMILES string of the molecule is COc1cc(NCCC(N)=O)ccc1Br. The van der Waals surface area contributed by atoms with Crippen molar-refractivity contribution < 1.29 is 9.53 Å². The van der Waals surface area contributed by atoms with Crippen LogP contribution in [0.2, 0.25) is 0 Å². The molecule has 1 aromatic rings. The minimum Gasteiger partial charge on any atom is -0.495 e. The molecule has 0 fully saturated rings. The molecular formula is C10H13BrN2O2. The summed E-state index contributed by atoms with van der Waals surface area (Å²) < 4.78 is 6.03. The summed E-state index contributed by atoms with van der Waals surface area (Å²) in [5.41, 5.74) is 5.93. The first-order valence-electron chi connectivity index (χ1n) is 4.49. The Hall–Kier alpha value is -1.23. The molecule has 15 heavy (non-hydrogen) atoms. The number of carbonyl (C=O) groups is 1. The molecule has 0 aromatic heterocycles. The van der Waals surface area contributed by atoms with E-state index < -0.39 is 0 Å². The highest BCUT2D eigenvalue weighted by molar-refractivity contribution is 9.10. The fourth-order valence-corrected chi connectivity index (χ4v) is 1.51. The highest BCUT2D eigenvalue weighted by atomic mass is 79.9. The molecular weight excluding hydrogens is 260 g/mol. The Bertz CT molecular complexity index is 355. The Morgan fingerprint density at radius 1 is 1.60 bits per heavy atom. The average Bonchev–Trinajstić information content (AvgIpc) is 2.20. The summed E-state index contributed by atoms with van der Waals surface area (Å²) in [7, 11) is 1.60. The number of hydrogen-bond acceptors (Lipinski definition) is 3. The lowest BCUT2D eigenvalue weighted by molar-refractivity contribution is -0.117. The lowest BCUT2D eigenvalue weighted by Crippen LogP contribution is -2.15. The highest BCUT2D eigenvalue weighted by Gasteiger charge is 2.01. The molecule has 3 N–H and O–H groups in total. The van der Waals surface area contributed by atoms with Gasteiger partial charge < -0.3 is 15.8 Å². The first-order chi connectivity index (χ1) is 7.13. The van der Waals surface area contributed by atoms with Crippen LogP contribution in [-0.2, 0) is 4.79 Å². The fraction of sp³-hybridized carbons (Fsp3) is 0.300. The number of carbonyl (C=O) groups excluding carboxylic acids is 1. The van der Waals surface area contributed by atoms with Gasteiger partial charge in [0.15, 0.2) is 0 Å². The van der Waals surface area contributed by atoms with Crippen molar-refractivity contribution in [2.24, 2.45) is 5.73 Å². The number of benzene rings is 1. The van der Waals surface area contributed by atoms with Gasteiger partial charge in [-0.3, -0.25) is 4.79 Å². The standard InChI is InChI=1S/C10H13BrN2O2/c1-15-9-6-7(2-3-8(9)11)13-5-4-10(12)14/h2-3,6,13H,4-5H2,1H3,(H2,12,14). The Labute approximate surface area is 96.9 Å². The average molecular weight is 273 g/mol. The first kappa shape index (κ1) is 11.8. The predicted molar refractivity (Wildman–Crippen MR) is 63.0 cm³/mol. The van der Waals surface area contributed by atoms with Gasteiger partial charge in [-0.15, -0.1) is 0 Å². The third-order valence-electron chi connectivity index (χ3n) is 1.85. The van der Waals surface area contributed by atoms with Crippen LogP contribution in [0.3, 0.4) is 0 Å². The van der Waals surface area contributed by atoms with Gasteiger partial charge in [-0.05, 0) is 28.1 Å². The summed E-state index contributed by atoms with van der Waals surface area (Å²) in [5, 5.41) is 3.08. The van der Waals surface area contributed by atoms with Crippen molar-refractivity contribution in [3.63, 3.8) is 0 Å². The van der Waals surface area contributed by atoms with Gasteiger partial charge in [0, 0.05) is 24.7 Å². The number of rotatable bonds is 5. The second-order valence-electron chi connectivity index (χ2n) is 2.99. The van der Waals surface area contributed by atoms with Gasteiger partial charge in [-0.2, -0.15) is 0 Å². The van der Waals surface area contributed by atoms with Crippen molar-refractivity contribution >= 4 is 27.5 Å². The van der Waals surface area contributed by atoms with E-state index in [4.69, 9.17) is 10.5 Å². The summed E-state index contributed by atoms with van der Waals surface area (Å²) in [5.74, 6) is 0.436. The van der Waals surface area contributed by atoms with Crippen LogP contribution in [0, 0.1) is 0 Å². The van der Waals surface area contributed by atoms with Gasteiger partial charge in [0.05, 0.1) is 11.6 Å². The van der Waals surface area contributed by atoms with Crippen LogP contribution in [0.15, 0.2) is 22.7 Å². The zero-order chi connectivity index (χ0) is 11.3. The molecule has 0 aliphatic heterocycles. The lowest BCUT2D eigenvalue weighted by Gasteiger charge is -2.08. The molecule has 0 heterocycles. The van der Waals surface area contributed by atoms with E-state index in [9.17, 15) is 4.79 Å². The lowest BCUT2D eigenvalue weighted by atomic mass is 10.3. The molecule has 0 aliphatic rings. The van der Waals surface area contributed by atoms with Crippen molar-refractivity contribution in [1.82, 2.24) is 0 Å². The van der Waals surface area contributed by atoms with Crippen LogP contribution in [-0.4, -0.2) is 19.6 Å². The molecule has 0 aliphatic carbocycles. The van der Waals surface area contributed by atoms with Crippen LogP contribution >= 0.6 is 15.9 Å². The van der Waals surface area contributed by atoms with Gasteiger partial charge in [0.2, 0.25) is 5.91 Å². The monoisotopic (exact) mass is 272 g/mol. The van der Waals surface area contributed by atoms with E-state index in [0.29, 0.717) is 13.0 Å². The molecule has 82 valence electrons. The van der Waals surface area contributed by atoms with Crippen molar-refractivity contribution in [3.05, 3.63) is 22.7 Å². The van der Waals surface area contributed by atoms with Crippen LogP contribution in [0.25, 0.3) is 0 Å². The predicted octanol–water partition coefficient (Wildman–Crippen LogP) is 1.74. The number of hydrogen-bond donors (Lipinski definition) is 2. The third-order valence-corrected chi connectivity index (χ3v) is 2.51. The highest BCUT2D eigenvalue weighted by Crippen LogP contribution is 2.27. The summed E-state index contributed by atoms with van der Waals surface area (Å²) in [6.45, 7) is 0.528. The van der Waals surface area contributed by atoms with Gasteiger partial charge in [0.1, 0.15) is 5.75 Å². The largest absolute Gasteiger partial charge is 0.495 e. The second-order valence-corrected chi connectivity index (χ2v) is 3.85. The van der Waals surface area contributed by atoms with Gasteiger partial charge >= 0.3 is 0 Å². The zero-order valence-electron chi connectivity index (χ0n) is 8.42. The van der Waals surface area contributed by atoms with Crippen LogP contribution in [0.1, 0.15) is 6.42 Å². The number of amides is 1. The zero-order valence-corrected chi connectivity index (χ0v) is 10.0. The van der Waals surface area contributed by atoms with E-state index in [-0.39, 0.29) is 5.91 Å². The maximum Gasteiger partial charge on any atom is 0.219 e. The fourth-order valence-electron chi connectivity index (χ4n) is 1.10. The number of nitrogens with one attached hydrogen (secondary N) is 1. The summed E-state index contributed by atoms with van der Waals surface area (Å²) >= 11 is 3.36. The number of anilines is 1. The number of methoxy groups -OCH3 is 1. The second kappa shape index (κ2) is 5.60. The normalized spacial score (nSPS) is 9.73. The number of nitrogens with two attached hydrogens (primary N) is 1. The summed E-state index contributed by atoms with van der Waals surface area (Å²) in [6, 6.07) is 5.63. The van der Waals surface area contributed by atoms with Crippen LogP contribution in [0.4, 0.5) is 5.69 Å². The van der Waals surface area contributed by atoms with Gasteiger partial charge in [-0.25, -0.2) is 0 Å². The summed E-state index contributed by atoms with van der Waals surface area (Å²) in [4.78, 5) is 10.5. The maximum atomic E-state index is 10.5. The van der Waals surface area contributed by atoms with E-state index in [1.54, 1.807) is 7.11 Å². The van der Waals surface area contributed by atoms with Crippen molar-refractivity contribution in [2.75, 3.05) is 19.0 Å². The molecule has 0 unspecified atom stereocenters. The van der Waals surface area contributed by atoms with Gasteiger partial charge in [-0.1, -0.05) is 0 Å². The van der Waals surface area contributed by atoms with E-state index in [1.165, 1.54) is 0 Å². The van der Waals surface area contributed by atoms with E-state index in [2.05, 4.69) is 21.2 Å². The Morgan fingerprint density at radius 2 is 2.33 bits per heavy atom. The minimum atomic E-state index is -0.313. The molecule has 0 saturated carbocycles. The molecule has 0 radical (unpaired) electrons. The molecule has 0 atom stereocenters. The van der Waals surface area contributed by atoms with Crippen LogP contribution in [0.5, 0.6) is 5.75 Å². The minimum absolute atomic E-state index is 0.313. The van der Waals surface area contributed by atoms with Gasteiger partial charge in [0.25, 0.3) is 0 Å².